The Bertz CT molecular complexity index is 335. The fraction of sp³-hybridized carbons (Fsp3) is 0. The molecular formula is C8H7NO2. The molecular weight excluding hydrogens is 142 g/mol. The van der Waals surface area contributed by atoms with Crippen LogP contribution >= 0.6 is 0 Å². The molecule has 0 spiro atoms. The Labute approximate surface area is 63.4 Å². The standard InChI is InChI=1S/C8H7NO2/c9-8-4-3-7(11-8)6-2-1-5-10-6/h1-5H,9H2. The van der Waals surface area contributed by atoms with Crippen molar-refractivity contribution in [3.05, 3.63) is 30.5 Å². The molecule has 0 fully saturated rings. The van der Waals surface area contributed by atoms with E-state index in [1.165, 1.54) is 0 Å². The average Bonchev–Trinajstić information content (AvgIpc) is 2.55. The molecule has 0 saturated heterocycles. The van der Waals surface area contributed by atoms with Gasteiger partial charge < -0.3 is 14.6 Å². The minimum Gasteiger partial charge on any atom is -0.461 e. The number of nitrogen functional groups attached to an aromatic ring is 1. The Morgan fingerprint density at radius 1 is 1.09 bits per heavy atom. The summed E-state index contributed by atoms with van der Waals surface area (Å²) < 4.78 is 10.2. The maximum absolute atomic E-state index is 5.38. The molecule has 0 bridgehead atoms. The summed E-state index contributed by atoms with van der Waals surface area (Å²) in [6, 6.07) is 7.08. The van der Waals surface area contributed by atoms with Crippen LogP contribution in [-0.2, 0) is 0 Å². The van der Waals surface area contributed by atoms with Crippen molar-refractivity contribution in [3.8, 4) is 11.5 Å². The lowest BCUT2D eigenvalue weighted by Gasteiger charge is -1.86. The number of rotatable bonds is 1. The molecule has 0 radical (unpaired) electrons. The van der Waals surface area contributed by atoms with Crippen molar-refractivity contribution in [2.45, 2.75) is 0 Å². The van der Waals surface area contributed by atoms with E-state index in [1.807, 2.05) is 6.07 Å². The van der Waals surface area contributed by atoms with Crippen LogP contribution < -0.4 is 5.73 Å². The van der Waals surface area contributed by atoms with E-state index in [0.29, 0.717) is 17.4 Å². The highest BCUT2D eigenvalue weighted by Gasteiger charge is 2.03. The van der Waals surface area contributed by atoms with E-state index in [9.17, 15) is 0 Å². The van der Waals surface area contributed by atoms with Crippen LogP contribution in [0.3, 0.4) is 0 Å². The average molecular weight is 149 g/mol. The first-order valence-corrected chi connectivity index (χ1v) is 3.25. The Kier molecular flexibility index (Phi) is 1.22. The van der Waals surface area contributed by atoms with Crippen molar-refractivity contribution in [3.63, 3.8) is 0 Å². The lowest BCUT2D eigenvalue weighted by atomic mass is 10.3. The summed E-state index contributed by atoms with van der Waals surface area (Å²) in [6.07, 6.45) is 1.59. The van der Waals surface area contributed by atoms with Crippen LogP contribution in [0.25, 0.3) is 11.5 Å². The smallest absolute Gasteiger partial charge is 0.191 e. The van der Waals surface area contributed by atoms with Crippen molar-refractivity contribution in [2.75, 3.05) is 5.73 Å². The van der Waals surface area contributed by atoms with Gasteiger partial charge in [-0.1, -0.05) is 0 Å². The Balaban J connectivity index is 2.45. The lowest BCUT2D eigenvalue weighted by Crippen LogP contribution is -1.75. The molecule has 3 heteroatoms. The third-order valence-electron chi connectivity index (χ3n) is 1.39. The maximum Gasteiger partial charge on any atom is 0.191 e. The molecule has 0 unspecified atom stereocenters. The van der Waals surface area contributed by atoms with Gasteiger partial charge in [-0.3, -0.25) is 0 Å². The highest BCUT2D eigenvalue weighted by Crippen LogP contribution is 2.22. The van der Waals surface area contributed by atoms with Gasteiger partial charge in [-0.2, -0.15) is 0 Å². The molecule has 2 heterocycles. The number of hydrogen-bond donors (Lipinski definition) is 1. The second kappa shape index (κ2) is 2.20. The van der Waals surface area contributed by atoms with Gasteiger partial charge in [-0.25, -0.2) is 0 Å². The molecule has 2 aromatic rings. The summed E-state index contributed by atoms with van der Waals surface area (Å²) in [4.78, 5) is 0. The van der Waals surface area contributed by atoms with E-state index >= 15 is 0 Å². The first-order chi connectivity index (χ1) is 5.36. The molecule has 2 rings (SSSR count). The van der Waals surface area contributed by atoms with Crippen molar-refractivity contribution >= 4 is 5.88 Å². The van der Waals surface area contributed by atoms with Gasteiger partial charge >= 0.3 is 0 Å². The normalized spacial score (nSPS) is 10.2. The third-order valence-corrected chi connectivity index (χ3v) is 1.39. The summed E-state index contributed by atoms with van der Waals surface area (Å²) in [5.41, 5.74) is 5.38. The SMILES string of the molecule is Nc1ccc(-c2ccco2)o1. The summed E-state index contributed by atoms with van der Waals surface area (Å²) in [7, 11) is 0. The van der Waals surface area contributed by atoms with Crippen LogP contribution in [0, 0.1) is 0 Å². The largest absolute Gasteiger partial charge is 0.461 e. The molecule has 0 aliphatic rings. The lowest BCUT2D eigenvalue weighted by molar-refractivity contribution is 0.533. The van der Waals surface area contributed by atoms with E-state index in [4.69, 9.17) is 14.6 Å². The number of anilines is 1. The van der Waals surface area contributed by atoms with Crippen molar-refractivity contribution in [1.82, 2.24) is 0 Å². The van der Waals surface area contributed by atoms with Gasteiger partial charge in [0, 0.05) is 6.07 Å². The van der Waals surface area contributed by atoms with Crippen LogP contribution in [-0.4, -0.2) is 0 Å². The van der Waals surface area contributed by atoms with Crippen LogP contribution in [0.2, 0.25) is 0 Å². The second-order valence-electron chi connectivity index (χ2n) is 2.18. The van der Waals surface area contributed by atoms with Gasteiger partial charge in [0.05, 0.1) is 6.26 Å². The van der Waals surface area contributed by atoms with Crippen molar-refractivity contribution in [1.29, 1.82) is 0 Å². The molecule has 0 aliphatic heterocycles. The Hall–Kier alpha value is -1.64. The molecule has 56 valence electrons. The van der Waals surface area contributed by atoms with E-state index in [2.05, 4.69) is 0 Å². The highest BCUT2D eigenvalue weighted by atomic mass is 16.4. The van der Waals surface area contributed by atoms with E-state index in [-0.39, 0.29) is 0 Å². The maximum atomic E-state index is 5.38. The molecule has 2 aromatic heterocycles. The van der Waals surface area contributed by atoms with Gasteiger partial charge in [0.1, 0.15) is 0 Å². The fourth-order valence-corrected chi connectivity index (χ4v) is 0.904. The van der Waals surface area contributed by atoms with Gasteiger partial charge in [0.25, 0.3) is 0 Å². The number of furan rings is 2. The zero-order valence-electron chi connectivity index (χ0n) is 5.78. The second-order valence-corrected chi connectivity index (χ2v) is 2.18. The predicted octanol–water partition coefficient (Wildman–Crippen LogP) is 2.12. The van der Waals surface area contributed by atoms with Crippen LogP contribution in [0.4, 0.5) is 5.88 Å². The molecule has 0 aromatic carbocycles. The molecule has 2 N–H and O–H groups in total. The summed E-state index contributed by atoms with van der Waals surface area (Å²) in [5.74, 6) is 1.76. The van der Waals surface area contributed by atoms with Crippen molar-refractivity contribution in [2.24, 2.45) is 0 Å². The first kappa shape index (κ1) is 6.09. The number of nitrogens with two attached hydrogens (primary N) is 1. The van der Waals surface area contributed by atoms with Gasteiger partial charge in [-0.15, -0.1) is 0 Å². The minimum absolute atomic E-state index is 0.399. The van der Waals surface area contributed by atoms with E-state index in [1.54, 1.807) is 24.5 Å². The van der Waals surface area contributed by atoms with Gasteiger partial charge in [0.2, 0.25) is 0 Å². The summed E-state index contributed by atoms with van der Waals surface area (Å²) in [6.45, 7) is 0. The van der Waals surface area contributed by atoms with Crippen LogP contribution in [0.5, 0.6) is 0 Å². The molecule has 0 saturated carbocycles. The minimum atomic E-state index is 0.399. The highest BCUT2D eigenvalue weighted by molar-refractivity contribution is 5.52. The van der Waals surface area contributed by atoms with E-state index < -0.39 is 0 Å². The molecule has 0 aliphatic carbocycles. The molecule has 0 atom stereocenters. The monoisotopic (exact) mass is 149 g/mol. The van der Waals surface area contributed by atoms with Gasteiger partial charge in [-0.05, 0) is 18.2 Å². The summed E-state index contributed by atoms with van der Waals surface area (Å²) >= 11 is 0. The van der Waals surface area contributed by atoms with Gasteiger partial charge in [0.15, 0.2) is 17.4 Å². The predicted molar refractivity (Wildman–Crippen MR) is 40.8 cm³/mol. The third kappa shape index (κ3) is 1.00. The zero-order chi connectivity index (χ0) is 7.68. The Morgan fingerprint density at radius 2 is 2.00 bits per heavy atom. The topological polar surface area (TPSA) is 52.3 Å². The molecule has 11 heavy (non-hydrogen) atoms. The van der Waals surface area contributed by atoms with E-state index in [0.717, 1.165) is 0 Å². The van der Waals surface area contributed by atoms with Crippen LogP contribution in [0.15, 0.2) is 39.4 Å². The molecule has 3 nitrogen and oxygen atoms in total. The zero-order valence-corrected chi connectivity index (χ0v) is 5.78. The summed E-state index contributed by atoms with van der Waals surface area (Å²) in [5, 5.41) is 0. The number of hydrogen-bond acceptors (Lipinski definition) is 3. The Morgan fingerprint density at radius 3 is 2.55 bits per heavy atom. The first-order valence-electron chi connectivity index (χ1n) is 3.25. The van der Waals surface area contributed by atoms with Crippen molar-refractivity contribution < 1.29 is 8.83 Å². The van der Waals surface area contributed by atoms with Crippen LogP contribution in [0.1, 0.15) is 0 Å². The quantitative estimate of drug-likeness (QED) is 0.675. The molecule has 0 amide bonds. The fourth-order valence-electron chi connectivity index (χ4n) is 0.904.